The summed E-state index contributed by atoms with van der Waals surface area (Å²) in [5, 5.41) is 8.95. The second-order valence-electron chi connectivity index (χ2n) is 6.39. The fourth-order valence-corrected chi connectivity index (χ4v) is 2.73. The van der Waals surface area contributed by atoms with Crippen LogP contribution in [0.25, 0.3) is 22.0 Å². The van der Waals surface area contributed by atoms with Crippen LogP contribution in [0.2, 0.25) is 0 Å². The van der Waals surface area contributed by atoms with E-state index in [0.29, 0.717) is 18.2 Å². The van der Waals surface area contributed by atoms with Crippen LogP contribution in [0.1, 0.15) is 19.4 Å². The van der Waals surface area contributed by atoms with Gasteiger partial charge in [-0.15, -0.1) is 0 Å². The molecule has 0 saturated heterocycles. The smallest absolute Gasteiger partial charge is 0.414 e. The van der Waals surface area contributed by atoms with Gasteiger partial charge >= 0.3 is 6.09 Å². The van der Waals surface area contributed by atoms with E-state index in [9.17, 15) is 4.79 Å². The predicted octanol–water partition coefficient (Wildman–Crippen LogP) is 4.82. The summed E-state index contributed by atoms with van der Waals surface area (Å²) in [4.78, 5) is 16.0. The van der Waals surface area contributed by atoms with Crippen molar-refractivity contribution in [1.82, 2.24) is 10.1 Å². The van der Waals surface area contributed by atoms with Gasteiger partial charge in [0.05, 0.1) is 0 Å². The van der Waals surface area contributed by atoms with Crippen molar-refractivity contribution in [2.45, 2.75) is 20.3 Å². The topological polar surface area (TPSA) is 77.2 Å². The molecule has 0 aliphatic heterocycles. The van der Waals surface area contributed by atoms with Gasteiger partial charge in [0.1, 0.15) is 12.3 Å². The Hall–Kier alpha value is -3.15. The minimum absolute atomic E-state index is 0.130. The van der Waals surface area contributed by atoms with Crippen LogP contribution in [-0.2, 0) is 11.2 Å². The summed E-state index contributed by atoms with van der Waals surface area (Å²) in [7, 11) is 0. The van der Waals surface area contributed by atoms with Gasteiger partial charge < -0.3 is 9.26 Å². The molecule has 0 aliphatic rings. The zero-order valence-electron chi connectivity index (χ0n) is 14.9. The Kier molecular flexibility index (Phi) is 5.31. The van der Waals surface area contributed by atoms with Crippen molar-refractivity contribution in [2.24, 2.45) is 5.92 Å². The number of fused-ring (bicyclic) bond motifs is 1. The van der Waals surface area contributed by atoms with Crippen molar-refractivity contribution in [3.8, 4) is 11.3 Å². The molecule has 0 unspecified atom stereocenters. The molecule has 0 radical (unpaired) electrons. The monoisotopic (exact) mass is 351 g/mol. The molecule has 0 atom stereocenters. The molecule has 0 aliphatic carbocycles. The maximum Gasteiger partial charge on any atom is 0.414 e. The molecule has 1 N–H and O–H groups in total. The number of hydrogen-bond acceptors (Lipinski definition) is 5. The number of hydrogen-bond donors (Lipinski definition) is 1. The van der Waals surface area contributed by atoms with E-state index in [0.717, 1.165) is 27.6 Å². The van der Waals surface area contributed by atoms with Gasteiger partial charge in [0.25, 0.3) is 0 Å². The largest absolute Gasteiger partial charge is 0.445 e. The van der Waals surface area contributed by atoms with Crippen LogP contribution in [-0.4, -0.2) is 22.8 Å². The van der Waals surface area contributed by atoms with Gasteiger partial charge in [0.15, 0.2) is 0 Å². The molecular weight excluding hydrogens is 330 g/mol. The summed E-state index contributed by atoms with van der Waals surface area (Å²) in [6.07, 6.45) is 5.20. The fraction of sp³-hybridized carbons (Fsp3) is 0.250. The molecule has 0 fully saturated rings. The van der Waals surface area contributed by atoms with Crippen molar-refractivity contribution in [3.05, 3.63) is 54.9 Å². The Labute approximate surface area is 151 Å². The lowest BCUT2D eigenvalue weighted by molar-refractivity contribution is 0.173. The van der Waals surface area contributed by atoms with Gasteiger partial charge in [-0.25, -0.2) is 4.79 Å². The van der Waals surface area contributed by atoms with E-state index in [1.807, 2.05) is 30.5 Å². The number of carbonyl (C=O) groups is 1. The average Bonchev–Trinajstić information content (AvgIpc) is 3.01. The molecule has 26 heavy (non-hydrogen) atoms. The van der Waals surface area contributed by atoms with Gasteiger partial charge in [-0.1, -0.05) is 43.8 Å². The molecule has 0 bridgehead atoms. The van der Waals surface area contributed by atoms with E-state index in [2.05, 4.69) is 35.9 Å². The number of aromatic nitrogens is 2. The van der Waals surface area contributed by atoms with Gasteiger partial charge in [-0.3, -0.25) is 10.3 Å². The van der Waals surface area contributed by atoms with Crippen LogP contribution < -0.4 is 5.32 Å². The van der Waals surface area contributed by atoms with Crippen LogP contribution >= 0.6 is 0 Å². The van der Waals surface area contributed by atoms with Crippen LogP contribution in [0.15, 0.2) is 53.8 Å². The molecule has 0 saturated carbocycles. The van der Waals surface area contributed by atoms with E-state index in [-0.39, 0.29) is 6.61 Å². The lowest BCUT2D eigenvalue weighted by Crippen LogP contribution is -2.14. The molecule has 3 rings (SSSR count). The van der Waals surface area contributed by atoms with Crippen LogP contribution in [0, 0.1) is 5.92 Å². The Morgan fingerprint density at radius 1 is 1.35 bits per heavy atom. The summed E-state index contributed by atoms with van der Waals surface area (Å²) >= 11 is 0. The van der Waals surface area contributed by atoms with Gasteiger partial charge in [0, 0.05) is 28.9 Å². The molecule has 6 heteroatoms. The third-order valence-corrected chi connectivity index (χ3v) is 3.86. The Morgan fingerprint density at radius 3 is 2.96 bits per heavy atom. The molecule has 1 aromatic carbocycles. The maximum absolute atomic E-state index is 11.9. The van der Waals surface area contributed by atoms with Gasteiger partial charge in [0.2, 0.25) is 5.88 Å². The highest BCUT2D eigenvalue weighted by atomic mass is 16.6. The van der Waals surface area contributed by atoms with Crippen LogP contribution in [0.3, 0.4) is 0 Å². The standard InChI is InChI=1S/C20H21N3O3/c1-4-9-25-20(24)22-19-17(10-13(2)3)18(23-26-19)15-5-6-16-12-21-8-7-14(16)11-15/h4-8,11-13H,1,9-10H2,2-3H3,(H,22,24). The fourth-order valence-electron chi connectivity index (χ4n) is 2.73. The van der Waals surface area contributed by atoms with Crippen molar-refractivity contribution in [2.75, 3.05) is 11.9 Å². The first-order valence-corrected chi connectivity index (χ1v) is 8.46. The minimum Gasteiger partial charge on any atom is -0.445 e. The highest BCUT2D eigenvalue weighted by molar-refractivity contribution is 5.88. The van der Waals surface area contributed by atoms with E-state index in [1.54, 1.807) is 6.20 Å². The Morgan fingerprint density at radius 2 is 2.19 bits per heavy atom. The van der Waals surface area contributed by atoms with E-state index in [1.165, 1.54) is 6.08 Å². The molecule has 2 heterocycles. The third kappa shape index (κ3) is 3.91. The average molecular weight is 351 g/mol. The number of amides is 1. The second kappa shape index (κ2) is 7.82. The quantitative estimate of drug-likeness (QED) is 0.644. The lowest BCUT2D eigenvalue weighted by atomic mass is 9.98. The van der Waals surface area contributed by atoms with E-state index >= 15 is 0 Å². The number of nitrogens with one attached hydrogen (secondary N) is 1. The summed E-state index contributed by atoms with van der Waals surface area (Å²) < 4.78 is 10.4. The predicted molar refractivity (Wildman–Crippen MR) is 101 cm³/mol. The highest BCUT2D eigenvalue weighted by Gasteiger charge is 2.21. The highest BCUT2D eigenvalue weighted by Crippen LogP contribution is 2.32. The normalized spacial score (nSPS) is 10.9. The number of nitrogens with zero attached hydrogens (tertiary/aromatic N) is 2. The number of ether oxygens (including phenoxy) is 1. The first-order valence-electron chi connectivity index (χ1n) is 8.46. The third-order valence-electron chi connectivity index (χ3n) is 3.86. The summed E-state index contributed by atoms with van der Waals surface area (Å²) in [5.41, 5.74) is 2.50. The van der Waals surface area contributed by atoms with Crippen LogP contribution in [0.5, 0.6) is 0 Å². The molecular formula is C20H21N3O3. The summed E-state index contributed by atoms with van der Waals surface area (Å²) in [6, 6.07) is 7.97. The van der Waals surface area contributed by atoms with E-state index < -0.39 is 6.09 Å². The van der Waals surface area contributed by atoms with Crippen molar-refractivity contribution < 1.29 is 14.1 Å². The molecule has 0 spiro atoms. The number of carbonyl (C=O) groups excluding carboxylic acids is 1. The first kappa shape index (κ1) is 17.7. The minimum atomic E-state index is -0.595. The molecule has 134 valence electrons. The SMILES string of the molecule is C=CCOC(=O)Nc1onc(-c2ccc3cnccc3c2)c1CC(C)C. The summed E-state index contributed by atoms with van der Waals surface area (Å²) in [6.45, 7) is 7.85. The van der Waals surface area contributed by atoms with Crippen molar-refractivity contribution in [1.29, 1.82) is 0 Å². The Bertz CT molecular complexity index is 931. The molecule has 2 aromatic heterocycles. The van der Waals surface area contributed by atoms with Crippen molar-refractivity contribution in [3.63, 3.8) is 0 Å². The maximum atomic E-state index is 11.9. The zero-order valence-corrected chi connectivity index (χ0v) is 14.9. The zero-order chi connectivity index (χ0) is 18.5. The molecule has 1 amide bonds. The van der Waals surface area contributed by atoms with Crippen LogP contribution in [0.4, 0.5) is 10.7 Å². The number of rotatable bonds is 6. The lowest BCUT2D eigenvalue weighted by Gasteiger charge is -2.08. The number of benzene rings is 1. The molecule has 3 aromatic rings. The number of pyridine rings is 1. The Balaban J connectivity index is 1.97. The van der Waals surface area contributed by atoms with E-state index in [4.69, 9.17) is 9.26 Å². The van der Waals surface area contributed by atoms with Gasteiger partial charge in [-0.2, -0.15) is 0 Å². The molecule has 6 nitrogen and oxygen atoms in total. The van der Waals surface area contributed by atoms with Crippen molar-refractivity contribution >= 4 is 22.7 Å². The summed E-state index contributed by atoms with van der Waals surface area (Å²) in [5.74, 6) is 0.681. The van der Waals surface area contributed by atoms with Gasteiger partial charge in [-0.05, 0) is 29.9 Å². The number of anilines is 1. The first-order chi connectivity index (χ1) is 12.6. The second-order valence-corrected chi connectivity index (χ2v) is 6.39.